The quantitative estimate of drug-likeness (QED) is 0.829. The normalized spacial score (nSPS) is 18.1. The number of likely N-dealkylation sites (tertiary alicyclic amines) is 1. The molecule has 0 saturated carbocycles. The van der Waals surface area contributed by atoms with E-state index in [1.165, 1.54) is 24.8 Å². The fourth-order valence-electron chi connectivity index (χ4n) is 2.52. The number of hydrogen-bond donors (Lipinski definition) is 1. The van der Waals surface area contributed by atoms with Crippen molar-refractivity contribution in [3.05, 3.63) is 35.9 Å². The zero-order valence-electron chi connectivity index (χ0n) is 10.1. The molecule has 17 heavy (non-hydrogen) atoms. The molecular weight excluding hydrogens is 228 g/mol. The third-order valence-corrected chi connectivity index (χ3v) is 3.58. The van der Waals surface area contributed by atoms with Gasteiger partial charge < -0.3 is 5.73 Å². The number of piperidine rings is 1. The van der Waals surface area contributed by atoms with Crippen LogP contribution in [-0.4, -0.2) is 29.5 Å². The standard InChI is InChI=1S/C14H20N2S/c15-14(17)11-16-8-6-13(7-9-16)10-12-4-2-1-3-5-12/h1-5,13H,6-11H2,(H2,15,17). The van der Waals surface area contributed by atoms with Crippen molar-refractivity contribution in [1.82, 2.24) is 4.90 Å². The maximum Gasteiger partial charge on any atom is 0.0870 e. The van der Waals surface area contributed by atoms with Crippen molar-refractivity contribution >= 4 is 17.2 Å². The summed E-state index contributed by atoms with van der Waals surface area (Å²) in [6.07, 6.45) is 3.73. The maximum absolute atomic E-state index is 5.57. The highest BCUT2D eigenvalue weighted by Gasteiger charge is 2.19. The van der Waals surface area contributed by atoms with Gasteiger partial charge in [0.25, 0.3) is 0 Å². The van der Waals surface area contributed by atoms with Crippen LogP contribution in [0.4, 0.5) is 0 Å². The molecule has 2 nitrogen and oxygen atoms in total. The second-order valence-electron chi connectivity index (χ2n) is 4.88. The van der Waals surface area contributed by atoms with E-state index in [4.69, 9.17) is 18.0 Å². The summed E-state index contributed by atoms with van der Waals surface area (Å²) in [6.45, 7) is 3.05. The molecule has 92 valence electrons. The van der Waals surface area contributed by atoms with Crippen LogP contribution in [0.25, 0.3) is 0 Å². The molecule has 0 aromatic heterocycles. The van der Waals surface area contributed by atoms with E-state index in [0.29, 0.717) is 4.99 Å². The van der Waals surface area contributed by atoms with Crippen LogP contribution in [0, 0.1) is 5.92 Å². The van der Waals surface area contributed by atoms with Gasteiger partial charge in [-0.15, -0.1) is 0 Å². The lowest BCUT2D eigenvalue weighted by atomic mass is 9.90. The molecule has 0 amide bonds. The summed E-state index contributed by atoms with van der Waals surface area (Å²) in [6, 6.07) is 10.8. The van der Waals surface area contributed by atoms with E-state index in [2.05, 4.69) is 35.2 Å². The van der Waals surface area contributed by atoms with Crippen molar-refractivity contribution < 1.29 is 0 Å². The Kier molecular flexibility index (Phi) is 4.51. The van der Waals surface area contributed by atoms with Gasteiger partial charge in [-0.05, 0) is 43.8 Å². The van der Waals surface area contributed by atoms with Crippen molar-refractivity contribution in [3.63, 3.8) is 0 Å². The molecule has 0 aliphatic carbocycles. The summed E-state index contributed by atoms with van der Waals surface area (Å²) in [5, 5.41) is 0. The van der Waals surface area contributed by atoms with Gasteiger partial charge in [-0.25, -0.2) is 0 Å². The van der Waals surface area contributed by atoms with Gasteiger partial charge in [-0.2, -0.15) is 0 Å². The first kappa shape index (κ1) is 12.5. The van der Waals surface area contributed by atoms with E-state index in [0.717, 1.165) is 25.6 Å². The van der Waals surface area contributed by atoms with Crippen molar-refractivity contribution in [3.8, 4) is 0 Å². The minimum Gasteiger partial charge on any atom is -0.392 e. The maximum atomic E-state index is 5.57. The Morgan fingerprint density at radius 3 is 2.47 bits per heavy atom. The predicted octanol–water partition coefficient (Wildman–Crippen LogP) is 2.23. The molecular formula is C14H20N2S. The molecule has 2 rings (SSSR count). The molecule has 1 aromatic carbocycles. The second kappa shape index (κ2) is 6.12. The van der Waals surface area contributed by atoms with Gasteiger partial charge in [0.05, 0.1) is 4.99 Å². The average molecular weight is 248 g/mol. The Morgan fingerprint density at radius 1 is 1.24 bits per heavy atom. The van der Waals surface area contributed by atoms with Crippen LogP contribution in [0.5, 0.6) is 0 Å². The summed E-state index contributed by atoms with van der Waals surface area (Å²) >= 11 is 4.95. The molecule has 0 radical (unpaired) electrons. The third-order valence-electron chi connectivity index (χ3n) is 3.45. The molecule has 0 atom stereocenters. The van der Waals surface area contributed by atoms with Gasteiger partial charge in [-0.1, -0.05) is 42.5 Å². The van der Waals surface area contributed by atoms with Gasteiger partial charge in [0, 0.05) is 6.54 Å². The summed E-state index contributed by atoms with van der Waals surface area (Å²) in [7, 11) is 0. The van der Waals surface area contributed by atoms with E-state index < -0.39 is 0 Å². The monoisotopic (exact) mass is 248 g/mol. The Balaban J connectivity index is 1.78. The highest BCUT2D eigenvalue weighted by Crippen LogP contribution is 2.21. The fraction of sp³-hybridized carbons (Fsp3) is 0.500. The van der Waals surface area contributed by atoms with Gasteiger partial charge in [0.1, 0.15) is 0 Å². The molecule has 1 fully saturated rings. The molecule has 1 aliphatic heterocycles. The van der Waals surface area contributed by atoms with E-state index in [9.17, 15) is 0 Å². The minimum absolute atomic E-state index is 0.617. The Labute approximate surface area is 109 Å². The molecule has 0 unspecified atom stereocenters. The number of nitrogens with two attached hydrogens (primary N) is 1. The van der Waals surface area contributed by atoms with E-state index in [1.54, 1.807) is 0 Å². The van der Waals surface area contributed by atoms with Gasteiger partial charge >= 0.3 is 0 Å². The molecule has 1 saturated heterocycles. The van der Waals surface area contributed by atoms with Crippen LogP contribution in [0.1, 0.15) is 18.4 Å². The van der Waals surface area contributed by atoms with Crippen molar-refractivity contribution in [2.45, 2.75) is 19.3 Å². The first-order valence-electron chi connectivity index (χ1n) is 6.28. The molecule has 1 heterocycles. The summed E-state index contributed by atoms with van der Waals surface area (Å²) < 4.78 is 0. The molecule has 0 spiro atoms. The number of nitrogens with zero attached hydrogens (tertiary/aromatic N) is 1. The molecule has 2 N–H and O–H groups in total. The molecule has 1 aromatic rings. The van der Waals surface area contributed by atoms with Crippen LogP contribution in [0.15, 0.2) is 30.3 Å². The highest BCUT2D eigenvalue weighted by atomic mass is 32.1. The first-order chi connectivity index (χ1) is 8.24. The Bertz CT molecular complexity index is 356. The van der Waals surface area contributed by atoms with E-state index in [1.807, 2.05) is 0 Å². The van der Waals surface area contributed by atoms with Crippen molar-refractivity contribution in [2.24, 2.45) is 11.7 Å². The number of rotatable bonds is 4. The number of thiocarbonyl (C=S) groups is 1. The lowest BCUT2D eigenvalue weighted by molar-refractivity contribution is 0.206. The predicted molar refractivity (Wildman–Crippen MR) is 76.1 cm³/mol. The first-order valence-corrected chi connectivity index (χ1v) is 6.69. The van der Waals surface area contributed by atoms with Crippen molar-refractivity contribution in [2.75, 3.05) is 19.6 Å². The number of benzene rings is 1. The fourth-order valence-corrected chi connectivity index (χ4v) is 2.70. The van der Waals surface area contributed by atoms with Gasteiger partial charge in [-0.3, -0.25) is 4.90 Å². The van der Waals surface area contributed by atoms with Crippen LogP contribution >= 0.6 is 12.2 Å². The third kappa shape index (κ3) is 4.10. The second-order valence-corrected chi connectivity index (χ2v) is 5.40. The van der Waals surface area contributed by atoms with Crippen molar-refractivity contribution in [1.29, 1.82) is 0 Å². The SMILES string of the molecule is NC(=S)CN1CCC(Cc2ccccc2)CC1. The minimum atomic E-state index is 0.617. The van der Waals surface area contributed by atoms with Gasteiger partial charge in [0.2, 0.25) is 0 Å². The van der Waals surface area contributed by atoms with Crippen LogP contribution in [0.3, 0.4) is 0 Å². The van der Waals surface area contributed by atoms with Crippen LogP contribution in [-0.2, 0) is 6.42 Å². The van der Waals surface area contributed by atoms with Crippen LogP contribution in [0.2, 0.25) is 0 Å². The Hall–Kier alpha value is -0.930. The average Bonchev–Trinajstić information content (AvgIpc) is 2.32. The van der Waals surface area contributed by atoms with E-state index >= 15 is 0 Å². The highest BCUT2D eigenvalue weighted by molar-refractivity contribution is 7.80. The summed E-state index contributed by atoms with van der Waals surface area (Å²) in [5.74, 6) is 0.819. The zero-order valence-corrected chi connectivity index (χ0v) is 11.0. The number of hydrogen-bond acceptors (Lipinski definition) is 2. The molecule has 3 heteroatoms. The largest absolute Gasteiger partial charge is 0.392 e. The topological polar surface area (TPSA) is 29.3 Å². The summed E-state index contributed by atoms with van der Waals surface area (Å²) in [4.78, 5) is 2.98. The Morgan fingerprint density at radius 2 is 1.88 bits per heavy atom. The molecule has 0 bridgehead atoms. The van der Waals surface area contributed by atoms with Crippen LogP contribution < -0.4 is 5.73 Å². The zero-order chi connectivity index (χ0) is 12.1. The van der Waals surface area contributed by atoms with Gasteiger partial charge in [0.15, 0.2) is 0 Å². The smallest absolute Gasteiger partial charge is 0.0870 e. The molecule has 1 aliphatic rings. The lowest BCUT2D eigenvalue weighted by Crippen LogP contribution is -2.39. The lowest BCUT2D eigenvalue weighted by Gasteiger charge is -2.31. The summed E-state index contributed by atoms with van der Waals surface area (Å²) in [5.41, 5.74) is 7.03. The van der Waals surface area contributed by atoms with E-state index in [-0.39, 0.29) is 0 Å².